The normalized spacial score (nSPS) is 11.5. The van der Waals surface area contributed by atoms with Gasteiger partial charge in [0, 0.05) is 23.6 Å². The molecule has 0 saturated carbocycles. The van der Waals surface area contributed by atoms with Crippen molar-refractivity contribution in [2.75, 3.05) is 6.26 Å². The van der Waals surface area contributed by atoms with Crippen LogP contribution in [0, 0.1) is 12.7 Å². The number of aromatic nitrogens is 2. The average molecular weight is 342 g/mol. The van der Waals surface area contributed by atoms with Gasteiger partial charge < -0.3 is 0 Å². The van der Waals surface area contributed by atoms with Crippen LogP contribution in [0.5, 0.6) is 0 Å². The molecule has 0 unspecified atom stereocenters. The standard InChI is InChI=1S/C18H15FN2O2S/c1-12-10-21-17(11-20-12)15-8-7-13(9-16(15)19)14-5-3-4-6-18(14)24(2,22)23/h3-11H,1-2H3. The lowest BCUT2D eigenvalue weighted by Crippen LogP contribution is -2.00. The summed E-state index contributed by atoms with van der Waals surface area (Å²) in [6, 6.07) is 11.1. The van der Waals surface area contributed by atoms with Crippen LogP contribution in [0.2, 0.25) is 0 Å². The van der Waals surface area contributed by atoms with E-state index < -0.39 is 15.7 Å². The Morgan fingerprint density at radius 2 is 1.71 bits per heavy atom. The maximum absolute atomic E-state index is 14.5. The molecule has 0 aliphatic heterocycles. The van der Waals surface area contributed by atoms with E-state index in [4.69, 9.17) is 0 Å². The predicted octanol–water partition coefficient (Wildman–Crippen LogP) is 3.66. The molecule has 1 heterocycles. The summed E-state index contributed by atoms with van der Waals surface area (Å²) in [4.78, 5) is 8.46. The molecule has 0 saturated heterocycles. The molecule has 3 aromatic rings. The quantitative estimate of drug-likeness (QED) is 0.729. The highest BCUT2D eigenvalue weighted by atomic mass is 32.2. The number of aryl methyl sites for hydroxylation is 1. The van der Waals surface area contributed by atoms with Crippen molar-refractivity contribution >= 4 is 9.84 Å². The lowest BCUT2D eigenvalue weighted by molar-refractivity contribution is 0.602. The molecule has 0 bridgehead atoms. The first-order valence-corrected chi connectivity index (χ1v) is 9.13. The number of nitrogens with zero attached hydrogens (tertiary/aromatic N) is 2. The van der Waals surface area contributed by atoms with Gasteiger partial charge in [-0.2, -0.15) is 0 Å². The maximum Gasteiger partial charge on any atom is 0.176 e. The van der Waals surface area contributed by atoms with Crippen molar-refractivity contribution in [1.82, 2.24) is 9.97 Å². The van der Waals surface area contributed by atoms with E-state index in [2.05, 4.69) is 9.97 Å². The molecule has 24 heavy (non-hydrogen) atoms. The molecule has 0 radical (unpaired) electrons. The fourth-order valence-electron chi connectivity index (χ4n) is 2.45. The molecule has 2 aromatic carbocycles. The van der Waals surface area contributed by atoms with Gasteiger partial charge in [-0.3, -0.25) is 9.97 Å². The average Bonchev–Trinajstić information content (AvgIpc) is 2.55. The third kappa shape index (κ3) is 3.19. The summed E-state index contributed by atoms with van der Waals surface area (Å²) in [7, 11) is -3.41. The number of sulfone groups is 1. The van der Waals surface area contributed by atoms with Crippen molar-refractivity contribution in [1.29, 1.82) is 0 Å². The SMILES string of the molecule is Cc1cnc(-c2ccc(-c3ccccc3S(C)(=O)=O)cc2F)cn1. The predicted molar refractivity (Wildman–Crippen MR) is 90.7 cm³/mol. The van der Waals surface area contributed by atoms with E-state index in [0.717, 1.165) is 11.9 Å². The van der Waals surface area contributed by atoms with Gasteiger partial charge >= 0.3 is 0 Å². The van der Waals surface area contributed by atoms with Crippen molar-refractivity contribution in [3.63, 3.8) is 0 Å². The largest absolute Gasteiger partial charge is 0.258 e. The molecule has 6 heteroatoms. The second-order valence-electron chi connectivity index (χ2n) is 5.51. The summed E-state index contributed by atoms with van der Waals surface area (Å²) >= 11 is 0. The van der Waals surface area contributed by atoms with E-state index >= 15 is 0 Å². The minimum atomic E-state index is -3.41. The molecule has 1 aromatic heterocycles. The van der Waals surface area contributed by atoms with Crippen LogP contribution < -0.4 is 0 Å². The Morgan fingerprint density at radius 1 is 0.958 bits per heavy atom. The molecule has 122 valence electrons. The number of rotatable bonds is 3. The molecule has 0 N–H and O–H groups in total. The van der Waals surface area contributed by atoms with Gasteiger partial charge in [-0.25, -0.2) is 12.8 Å². The molecular weight excluding hydrogens is 327 g/mol. The van der Waals surface area contributed by atoms with E-state index in [1.54, 1.807) is 43.5 Å². The number of hydrogen-bond acceptors (Lipinski definition) is 4. The molecule has 4 nitrogen and oxygen atoms in total. The zero-order chi connectivity index (χ0) is 17.3. The van der Waals surface area contributed by atoms with Gasteiger partial charge in [-0.15, -0.1) is 0 Å². The van der Waals surface area contributed by atoms with E-state index in [1.807, 2.05) is 0 Å². The van der Waals surface area contributed by atoms with Crippen LogP contribution >= 0.6 is 0 Å². The Kier molecular flexibility index (Phi) is 4.15. The van der Waals surface area contributed by atoms with Crippen LogP contribution in [0.3, 0.4) is 0 Å². The lowest BCUT2D eigenvalue weighted by atomic mass is 10.0. The van der Waals surface area contributed by atoms with Crippen molar-refractivity contribution in [3.05, 3.63) is 66.4 Å². The molecule has 0 atom stereocenters. The number of hydrogen-bond donors (Lipinski definition) is 0. The zero-order valence-corrected chi connectivity index (χ0v) is 14.0. The topological polar surface area (TPSA) is 59.9 Å². The van der Waals surface area contributed by atoms with Crippen LogP contribution in [0.4, 0.5) is 4.39 Å². The Morgan fingerprint density at radius 3 is 2.33 bits per heavy atom. The highest BCUT2D eigenvalue weighted by molar-refractivity contribution is 7.90. The van der Waals surface area contributed by atoms with Crippen LogP contribution in [-0.4, -0.2) is 24.6 Å². The van der Waals surface area contributed by atoms with Gasteiger partial charge in [0.15, 0.2) is 9.84 Å². The Balaban J connectivity index is 2.10. The second-order valence-corrected chi connectivity index (χ2v) is 7.49. The van der Waals surface area contributed by atoms with Crippen molar-refractivity contribution in [2.45, 2.75) is 11.8 Å². The first-order valence-electron chi connectivity index (χ1n) is 7.24. The van der Waals surface area contributed by atoms with Crippen molar-refractivity contribution in [2.24, 2.45) is 0 Å². The van der Waals surface area contributed by atoms with Gasteiger partial charge in [0.2, 0.25) is 0 Å². The third-order valence-corrected chi connectivity index (χ3v) is 4.78. The van der Waals surface area contributed by atoms with Crippen LogP contribution in [0.1, 0.15) is 5.69 Å². The Labute approximate surface area is 140 Å². The first kappa shape index (κ1) is 16.3. The fourth-order valence-corrected chi connectivity index (χ4v) is 3.36. The van der Waals surface area contributed by atoms with Gasteiger partial charge in [-0.1, -0.05) is 24.3 Å². The van der Waals surface area contributed by atoms with Crippen molar-refractivity contribution < 1.29 is 12.8 Å². The molecule has 0 fully saturated rings. The molecule has 0 aliphatic carbocycles. The first-order chi connectivity index (χ1) is 11.4. The second kappa shape index (κ2) is 6.13. The zero-order valence-electron chi connectivity index (χ0n) is 13.2. The lowest BCUT2D eigenvalue weighted by Gasteiger charge is -2.10. The summed E-state index contributed by atoms with van der Waals surface area (Å²) in [5.41, 5.74) is 2.47. The monoisotopic (exact) mass is 342 g/mol. The number of halogens is 1. The fraction of sp³-hybridized carbons (Fsp3) is 0.111. The van der Waals surface area contributed by atoms with Crippen LogP contribution in [-0.2, 0) is 9.84 Å². The number of benzene rings is 2. The highest BCUT2D eigenvalue weighted by Gasteiger charge is 2.16. The molecule has 0 aliphatic rings. The maximum atomic E-state index is 14.5. The minimum Gasteiger partial charge on any atom is -0.258 e. The highest BCUT2D eigenvalue weighted by Crippen LogP contribution is 2.30. The summed E-state index contributed by atoms with van der Waals surface area (Å²) in [5, 5.41) is 0. The summed E-state index contributed by atoms with van der Waals surface area (Å²) < 4.78 is 38.4. The van der Waals surface area contributed by atoms with E-state index in [0.29, 0.717) is 22.4 Å². The summed E-state index contributed by atoms with van der Waals surface area (Å²) in [6.07, 6.45) is 4.22. The third-order valence-electron chi connectivity index (χ3n) is 3.62. The molecular formula is C18H15FN2O2S. The van der Waals surface area contributed by atoms with Gasteiger partial charge in [0.25, 0.3) is 0 Å². The van der Waals surface area contributed by atoms with E-state index in [1.165, 1.54) is 18.3 Å². The summed E-state index contributed by atoms with van der Waals surface area (Å²) in [5.74, 6) is -0.478. The van der Waals surface area contributed by atoms with Gasteiger partial charge in [0.1, 0.15) is 5.82 Å². The van der Waals surface area contributed by atoms with Gasteiger partial charge in [0.05, 0.1) is 22.5 Å². The molecule has 3 rings (SSSR count). The van der Waals surface area contributed by atoms with Crippen LogP contribution in [0.25, 0.3) is 22.4 Å². The minimum absolute atomic E-state index is 0.173. The van der Waals surface area contributed by atoms with Crippen LogP contribution in [0.15, 0.2) is 59.8 Å². The molecule has 0 spiro atoms. The Bertz CT molecular complexity index is 1000. The Hall–Kier alpha value is -2.60. The smallest absolute Gasteiger partial charge is 0.176 e. The molecule has 0 amide bonds. The summed E-state index contributed by atoms with van der Waals surface area (Å²) in [6.45, 7) is 1.80. The van der Waals surface area contributed by atoms with Crippen molar-refractivity contribution in [3.8, 4) is 22.4 Å². The van der Waals surface area contributed by atoms with E-state index in [9.17, 15) is 12.8 Å². The van der Waals surface area contributed by atoms with Gasteiger partial charge in [-0.05, 0) is 30.7 Å². The van der Waals surface area contributed by atoms with E-state index in [-0.39, 0.29) is 4.90 Å².